The number of hydrogen-bond acceptors (Lipinski definition) is 3. The highest BCUT2D eigenvalue weighted by Crippen LogP contribution is 2.42. The topological polar surface area (TPSA) is 56.4 Å². The first-order valence-corrected chi connectivity index (χ1v) is 12.7. The molecule has 168 valence electrons. The lowest BCUT2D eigenvalue weighted by molar-refractivity contribution is 0.300. The number of fused-ring (bicyclic) bond motifs is 1. The maximum absolute atomic E-state index is 13.7. The van der Waals surface area contributed by atoms with Gasteiger partial charge in [-0.25, -0.2) is 12.8 Å². The van der Waals surface area contributed by atoms with E-state index in [1.54, 1.807) is 22.5 Å². The minimum Gasteiger partial charge on any atom is -0.361 e. The molecule has 7 heteroatoms. The quantitative estimate of drug-likeness (QED) is 0.447. The Bertz CT molecular complexity index is 1520. The molecule has 0 saturated heterocycles. The molecule has 4 aromatic rings. The molecule has 2 aliphatic heterocycles. The molecule has 5 nitrogen and oxygen atoms in total. The number of halogens is 1. The first-order chi connectivity index (χ1) is 16.0. The lowest BCUT2D eigenvalue weighted by atomic mass is 9.99. The minimum atomic E-state index is -3.50. The van der Waals surface area contributed by atoms with Crippen LogP contribution in [0.1, 0.15) is 18.4 Å². The predicted octanol–water partition coefficient (Wildman–Crippen LogP) is 5.15. The van der Waals surface area contributed by atoms with Crippen molar-refractivity contribution in [1.82, 2.24) is 9.88 Å². The number of rotatable bonds is 5. The monoisotopic (exact) mass is 461 g/mol. The molecule has 33 heavy (non-hydrogen) atoms. The maximum atomic E-state index is 13.7. The van der Waals surface area contributed by atoms with E-state index in [0.717, 1.165) is 65.4 Å². The molecule has 3 aromatic carbocycles. The second kappa shape index (κ2) is 7.71. The zero-order valence-electron chi connectivity index (χ0n) is 18.1. The van der Waals surface area contributed by atoms with E-state index >= 15 is 0 Å². The molecule has 0 fully saturated rings. The molecule has 0 amide bonds. The Labute approximate surface area is 192 Å². The summed E-state index contributed by atoms with van der Waals surface area (Å²) in [6.07, 6.45) is 5.81. The highest BCUT2D eigenvalue weighted by atomic mass is 32.2. The van der Waals surface area contributed by atoms with Gasteiger partial charge in [0, 0.05) is 54.2 Å². The Kier molecular flexibility index (Phi) is 4.78. The first-order valence-electron chi connectivity index (χ1n) is 11.3. The highest BCUT2D eigenvalue weighted by molar-refractivity contribution is 7.93. The summed E-state index contributed by atoms with van der Waals surface area (Å²) >= 11 is 0. The molecule has 0 unspecified atom stereocenters. The zero-order valence-corrected chi connectivity index (χ0v) is 18.9. The molecular formula is C26H24FN3O2S. The third-order valence-electron chi connectivity index (χ3n) is 6.80. The summed E-state index contributed by atoms with van der Waals surface area (Å²) < 4.78 is 41.5. The molecule has 0 spiro atoms. The summed E-state index contributed by atoms with van der Waals surface area (Å²) in [4.78, 5) is 5.99. The van der Waals surface area contributed by atoms with Crippen molar-refractivity contribution in [2.45, 2.75) is 17.7 Å². The molecule has 0 radical (unpaired) electrons. The number of sulfonamides is 1. The molecule has 6 rings (SSSR count). The van der Waals surface area contributed by atoms with Crippen LogP contribution in [0.5, 0.6) is 0 Å². The lowest BCUT2D eigenvalue weighted by Crippen LogP contribution is -2.34. The van der Waals surface area contributed by atoms with Gasteiger partial charge in [0.25, 0.3) is 10.0 Å². The summed E-state index contributed by atoms with van der Waals surface area (Å²) in [6.45, 7) is 2.99. The van der Waals surface area contributed by atoms with Crippen molar-refractivity contribution in [2.24, 2.45) is 0 Å². The van der Waals surface area contributed by atoms with Crippen LogP contribution in [-0.2, 0) is 10.0 Å². The number of aromatic nitrogens is 1. The summed E-state index contributed by atoms with van der Waals surface area (Å²) in [5, 5.41) is 2.71. The first kappa shape index (κ1) is 20.4. The van der Waals surface area contributed by atoms with E-state index in [2.05, 4.69) is 16.0 Å². The standard InChI is InChI=1S/C26H24FN3O2S/c27-20-8-9-23-21(16-20)22(17-28-23)18-10-14-29(15-11-18)12-3-13-30-24-6-1-4-19-5-2-7-25(26(19)24)33(30,31)32/h1-2,4-10,16-17,28H,3,11-15H2. The van der Waals surface area contributed by atoms with Gasteiger partial charge in [-0.15, -0.1) is 0 Å². The van der Waals surface area contributed by atoms with E-state index in [4.69, 9.17) is 0 Å². The Morgan fingerprint density at radius 1 is 1.03 bits per heavy atom. The SMILES string of the molecule is O=S1(=O)c2cccc3cccc(c23)N1CCCN1CC=C(c2c[nH]c3ccc(F)cc23)CC1. The van der Waals surface area contributed by atoms with Crippen molar-refractivity contribution in [1.29, 1.82) is 0 Å². The minimum absolute atomic E-state index is 0.226. The molecule has 0 bridgehead atoms. The van der Waals surface area contributed by atoms with E-state index < -0.39 is 10.0 Å². The summed E-state index contributed by atoms with van der Waals surface area (Å²) in [5.41, 5.74) is 4.03. The molecular weight excluding hydrogens is 437 g/mol. The molecule has 0 aliphatic carbocycles. The highest BCUT2D eigenvalue weighted by Gasteiger charge is 2.35. The number of nitrogens with zero attached hydrogens (tertiary/aromatic N) is 2. The molecule has 1 aromatic heterocycles. The third kappa shape index (κ3) is 3.34. The zero-order chi connectivity index (χ0) is 22.6. The summed E-state index contributed by atoms with van der Waals surface area (Å²) in [5.74, 6) is -0.226. The molecule has 0 atom stereocenters. The fraction of sp³-hybridized carbons (Fsp3) is 0.231. The van der Waals surface area contributed by atoms with Crippen LogP contribution >= 0.6 is 0 Å². The average molecular weight is 462 g/mol. The number of benzene rings is 3. The smallest absolute Gasteiger partial charge is 0.265 e. The summed E-state index contributed by atoms with van der Waals surface area (Å²) in [7, 11) is -3.50. The van der Waals surface area contributed by atoms with Crippen molar-refractivity contribution in [2.75, 3.05) is 30.5 Å². The number of nitrogens with one attached hydrogen (secondary N) is 1. The van der Waals surface area contributed by atoms with Crippen molar-refractivity contribution in [3.63, 3.8) is 0 Å². The predicted molar refractivity (Wildman–Crippen MR) is 130 cm³/mol. The molecule has 0 saturated carbocycles. The van der Waals surface area contributed by atoms with E-state index in [9.17, 15) is 12.8 Å². The Morgan fingerprint density at radius 3 is 2.70 bits per heavy atom. The van der Waals surface area contributed by atoms with E-state index in [1.165, 1.54) is 11.6 Å². The van der Waals surface area contributed by atoms with Crippen LogP contribution in [0.2, 0.25) is 0 Å². The van der Waals surface area contributed by atoms with Gasteiger partial charge in [0.15, 0.2) is 0 Å². The van der Waals surface area contributed by atoms with E-state index in [1.807, 2.05) is 36.5 Å². The van der Waals surface area contributed by atoms with E-state index in [0.29, 0.717) is 11.4 Å². The third-order valence-corrected chi connectivity index (χ3v) is 8.66. The van der Waals surface area contributed by atoms with Gasteiger partial charge in [0.2, 0.25) is 0 Å². The number of anilines is 1. The van der Waals surface area contributed by atoms with Crippen LogP contribution in [0.15, 0.2) is 71.8 Å². The average Bonchev–Trinajstić information content (AvgIpc) is 3.33. The van der Waals surface area contributed by atoms with Gasteiger partial charge in [-0.2, -0.15) is 0 Å². The van der Waals surface area contributed by atoms with Crippen LogP contribution < -0.4 is 4.31 Å². The van der Waals surface area contributed by atoms with Gasteiger partial charge in [-0.1, -0.05) is 30.3 Å². The second-order valence-electron chi connectivity index (χ2n) is 8.73. The number of hydrogen-bond donors (Lipinski definition) is 1. The van der Waals surface area contributed by atoms with Crippen molar-refractivity contribution in [3.8, 4) is 0 Å². The molecule has 3 heterocycles. The van der Waals surface area contributed by atoms with Gasteiger partial charge >= 0.3 is 0 Å². The molecule has 2 aliphatic rings. The van der Waals surface area contributed by atoms with Crippen LogP contribution in [0, 0.1) is 5.82 Å². The van der Waals surface area contributed by atoms with Gasteiger partial charge in [0.05, 0.1) is 10.6 Å². The van der Waals surface area contributed by atoms with Crippen LogP contribution in [0.4, 0.5) is 10.1 Å². The Hall–Kier alpha value is -3.16. The fourth-order valence-corrected chi connectivity index (χ4v) is 6.90. The van der Waals surface area contributed by atoms with Crippen molar-refractivity contribution >= 4 is 43.0 Å². The second-order valence-corrected chi connectivity index (χ2v) is 10.6. The van der Waals surface area contributed by atoms with Crippen LogP contribution in [0.25, 0.3) is 27.2 Å². The fourth-order valence-electron chi connectivity index (χ4n) is 5.15. The van der Waals surface area contributed by atoms with Crippen LogP contribution in [-0.4, -0.2) is 44.5 Å². The normalized spacial score (nSPS) is 17.7. The van der Waals surface area contributed by atoms with Gasteiger partial charge in [-0.3, -0.25) is 9.21 Å². The largest absolute Gasteiger partial charge is 0.361 e. The van der Waals surface area contributed by atoms with Crippen molar-refractivity contribution in [3.05, 3.63) is 78.3 Å². The summed E-state index contributed by atoms with van der Waals surface area (Å²) in [6, 6.07) is 16.1. The van der Waals surface area contributed by atoms with Gasteiger partial charge in [0.1, 0.15) is 5.82 Å². The number of aromatic amines is 1. The van der Waals surface area contributed by atoms with E-state index in [-0.39, 0.29) is 5.82 Å². The lowest BCUT2D eigenvalue weighted by Gasteiger charge is -2.27. The Morgan fingerprint density at radius 2 is 1.88 bits per heavy atom. The Balaban J connectivity index is 1.13. The van der Waals surface area contributed by atoms with Crippen LogP contribution in [0.3, 0.4) is 0 Å². The van der Waals surface area contributed by atoms with Gasteiger partial charge < -0.3 is 4.98 Å². The maximum Gasteiger partial charge on any atom is 0.265 e. The van der Waals surface area contributed by atoms with Crippen molar-refractivity contribution < 1.29 is 12.8 Å². The number of H-pyrrole nitrogens is 1. The van der Waals surface area contributed by atoms with Gasteiger partial charge in [-0.05, 0) is 54.1 Å². The molecule has 1 N–H and O–H groups in total.